The second kappa shape index (κ2) is 10.0. The molecule has 0 saturated heterocycles. The van der Waals surface area contributed by atoms with Crippen LogP contribution in [0, 0.1) is 6.92 Å². The number of carbonyl (C=O) groups excluding carboxylic acids is 2. The number of nitrogens with zero attached hydrogens (tertiary/aromatic N) is 2. The normalized spacial score (nSPS) is 10.6. The van der Waals surface area contributed by atoms with Crippen LogP contribution in [0.5, 0.6) is 0 Å². The van der Waals surface area contributed by atoms with E-state index in [2.05, 4.69) is 17.2 Å². The van der Waals surface area contributed by atoms with Gasteiger partial charge in [0.2, 0.25) is 5.91 Å². The molecule has 0 aliphatic rings. The Bertz CT molecular complexity index is 728. The van der Waals surface area contributed by atoms with E-state index in [-0.39, 0.29) is 18.4 Å². The molecule has 7 heteroatoms. The van der Waals surface area contributed by atoms with E-state index in [0.717, 1.165) is 12.1 Å². The maximum atomic E-state index is 12.8. The van der Waals surface area contributed by atoms with Crippen molar-refractivity contribution in [3.05, 3.63) is 46.5 Å². The molecule has 140 valence electrons. The van der Waals surface area contributed by atoms with Gasteiger partial charge in [-0.05, 0) is 37.5 Å². The number of ether oxygens (including phenoxy) is 1. The summed E-state index contributed by atoms with van der Waals surface area (Å²) < 4.78 is 5.06. The minimum atomic E-state index is -0.254. The van der Waals surface area contributed by atoms with E-state index in [9.17, 15) is 9.59 Å². The number of benzene rings is 1. The van der Waals surface area contributed by atoms with Gasteiger partial charge in [-0.1, -0.05) is 19.1 Å². The van der Waals surface area contributed by atoms with E-state index in [1.807, 2.05) is 36.6 Å². The molecular weight excluding hydrogens is 350 g/mol. The van der Waals surface area contributed by atoms with E-state index < -0.39 is 0 Å². The smallest absolute Gasteiger partial charge is 0.254 e. The molecule has 1 aromatic carbocycles. The van der Waals surface area contributed by atoms with Gasteiger partial charge in [-0.25, -0.2) is 4.98 Å². The fourth-order valence-corrected chi connectivity index (χ4v) is 3.17. The van der Waals surface area contributed by atoms with Crippen molar-refractivity contribution >= 4 is 28.3 Å². The van der Waals surface area contributed by atoms with Crippen molar-refractivity contribution in [3.8, 4) is 0 Å². The van der Waals surface area contributed by atoms with Gasteiger partial charge >= 0.3 is 0 Å². The first-order valence-electron chi connectivity index (χ1n) is 8.62. The van der Waals surface area contributed by atoms with Gasteiger partial charge in [0.1, 0.15) is 6.54 Å². The molecule has 2 rings (SSSR count). The predicted octanol–water partition coefficient (Wildman–Crippen LogP) is 3.13. The van der Waals surface area contributed by atoms with E-state index >= 15 is 0 Å². The fourth-order valence-electron chi connectivity index (χ4n) is 2.46. The van der Waals surface area contributed by atoms with Crippen LogP contribution in [0.3, 0.4) is 0 Å². The van der Waals surface area contributed by atoms with Gasteiger partial charge in [-0.15, -0.1) is 11.3 Å². The minimum absolute atomic E-state index is 0.0172. The monoisotopic (exact) mass is 375 g/mol. The third kappa shape index (κ3) is 5.93. The van der Waals surface area contributed by atoms with Gasteiger partial charge in [0.25, 0.3) is 5.91 Å². The van der Waals surface area contributed by atoms with Crippen LogP contribution in [-0.2, 0) is 16.0 Å². The number of amides is 2. The van der Waals surface area contributed by atoms with Crippen LogP contribution in [0.15, 0.2) is 29.6 Å². The SMILES string of the molecule is CCc1ccc(C(=O)N(CCCOC)CC(=O)Nc2nc(C)cs2)cc1. The largest absolute Gasteiger partial charge is 0.385 e. The van der Waals surface area contributed by atoms with Gasteiger partial charge < -0.3 is 15.0 Å². The summed E-state index contributed by atoms with van der Waals surface area (Å²) in [6, 6.07) is 7.51. The lowest BCUT2D eigenvalue weighted by atomic mass is 10.1. The average Bonchev–Trinajstić information content (AvgIpc) is 3.05. The summed E-state index contributed by atoms with van der Waals surface area (Å²) in [4.78, 5) is 30.9. The number of carbonyl (C=O) groups is 2. The maximum Gasteiger partial charge on any atom is 0.254 e. The first-order valence-corrected chi connectivity index (χ1v) is 9.50. The highest BCUT2D eigenvalue weighted by Gasteiger charge is 2.19. The molecule has 0 fully saturated rings. The van der Waals surface area contributed by atoms with Gasteiger partial charge in [0.15, 0.2) is 5.13 Å². The van der Waals surface area contributed by atoms with Crippen LogP contribution in [0.1, 0.15) is 35.0 Å². The first-order chi connectivity index (χ1) is 12.5. The number of methoxy groups -OCH3 is 1. The number of nitrogens with one attached hydrogen (secondary N) is 1. The lowest BCUT2D eigenvalue weighted by Gasteiger charge is -2.22. The summed E-state index contributed by atoms with van der Waals surface area (Å²) in [5.41, 5.74) is 2.61. The van der Waals surface area contributed by atoms with Crippen molar-refractivity contribution in [2.75, 3.05) is 32.1 Å². The molecule has 6 nitrogen and oxygen atoms in total. The molecular formula is C19H25N3O3S. The Morgan fingerprint density at radius 3 is 2.58 bits per heavy atom. The maximum absolute atomic E-state index is 12.8. The molecule has 0 radical (unpaired) electrons. The second-order valence-electron chi connectivity index (χ2n) is 5.97. The molecule has 1 heterocycles. The number of rotatable bonds is 9. The van der Waals surface area contributed by atoms with Crippen molar-refractivity contribution in [1.29, 1.82) is 0 Å². The van der Waals surface area contributed by atoms with Crippen LogP contribution < -0.4 is 5.32 Å². The fraction of sp³-hybridized carbons (Fsp3) is 0.421. The number of hydrogen-bond acceptors (Lipinski definition) is 5. The van der Waals surface area contributed by atoms with E-state index in [4.69, 9.17) is 4.74 Å². The Labute approximate surface area is 158 Å². The zero-order valence-corrected chi connectivity index (χ0v) is 16.3. The quantitative estimate of drug-likeness (QED) is 0.684. The minimum Gasteiger partial charge on any atom is -0.385 e. The standard InChI is InChI=1S/C19H25N3O3S/c1-4-15-6-8-16(9-7-15)18(24)22(10-5-11-25-3)12-17(23)21-19-20-14(2)13-26-19/h6-9,13H,4-5,10-12H2,1-3H3,(H,20,21,23). The molecule has 2 amide bonds. The van der Waals surface area contributed by atoms with Crippen LogP contribution in [0.25, 0.3) is 0 Å². The van der Waals surface area contributed by atoms with Gasteiger partial charge in [0, 0.05) is 31.2 Å². The molecule has 26 heavy (non-hydrogen) atoms. The van der Waals surface area contributed by atoms with Gasteiger partial charge in [-0.3, -0.25) is 9.59 Å². The molecule has 0 bridgehead atoms. The predicted molar refractivity (Wildman–Crippen MR) is 104 cm³/mol. The number of thiazole rings is 1. The van der Waals surface area contributed by atoms with Crippen molar-refractivity contribution in [1.82, 2.24) is 9.88 Å². The number of anilines is 1. The molecule has 1 aromatic heterocycles. The Morgan fingerprint density at radius 1 is 1.27 bits per heavy atom. The lowest BCUT2D eigenvalue weighted by Crippen LogP contribution is -2.39. The lowest BCUT2D eigenvalue weighted by molar-refractivity contribution is -0.116. The molecule has 0 unspecified atom stereocenters. The summed E-state index contributed by atoms with van der Waals surface area (Å²) in [7, 11) is 1.62. The second-order valence-corrected chi connectivity index (χ2v) is 6.82. The van der Waals surface area contributed by atoms with Crippen LogP contribution in [0.2, 0.25) is 0 Å². The first kappa shape index (κ1) is 20.1. The number of aryl methyl sites for hydroxylation is 2. The zero-order valence-electron chi connectivity index (χ0n) is 15.4. The Balaban J connectivity index is 2.05. The van der Waals surface area contributed by atoms with E-state index in [1.54, 1.807) is 12.0 Å². The molecule has 0 aliphatic carbocycles. The average molecular weight is 375 g/mol. The molecule has 1 N–H and O–H groups in total. The zero-order chi connectivity index (χ0) is 18.9. The number of aromatic nitrogens is 1. The van der Waals surface area contributed by atoms with Crippen molar-refractivity contribution in [3.63, 3.8) is 0 Å². The Morgan fingerprint density at radius 2 is 2.00 bits per heavy atom. The third-order valence-electron chi connectivity index (χ3n) is 3.87. The van der Waals surface area contributed by atoms with Crippen LogP contribution in [-0.4, -0.2) is 48.5 Å². The molecule has 2 aromatic rings. The Kier molecular flexibility index (Phi) is 7.74. The summed E-state index contributed by atoms with van der Waals surface area (Å²) in [6.07, 6.45) is 1.58. The highest BCUT2D eigenvalue weighted by molar-refractivity contribution is 7.13. The number of hydrogen-bond donors (Lipinski definition) is 1. The summed E-state index contributed by atoms with van der Waals surface area (Å²) in [6.45, 7) is 4.90. The van der Waals surface area contributed by atoms with Crippen molar-refractivity contribution < 1.29 is 14.3 Å². The van der Waals surface area contributed by atoms with Crippen molar-refractivity contribution in [2.24, 2.45) is 0 Å². The summed E-state index contributed by atoms with van der Waals surface area (Å²) in [5, 5.41) is 5.16. The summed E-state index contributed by atoms with van der Waals surface area (Å²) >= 11 is 1.37. The third-order valence-corrected chi connectivity index (χ3v) is 4.75. The van der Waals surface area contributed by atoms with Crippen molar-refractivity contribution in [2.45, 2.75) is 26.7 Å². The molecule has 0 atom stereocenters. The van der Waals surface area contributed by atoms with Crippen LogP contribution in [0.4, 0.5) is 5.13 Å². The topological polar surface area (TPSA) is 71.5 Å². The van der Waals surface area contributed by atoms with Gasteiger partial charge in [-0.2, -0.15) is 0 Å². The highest BCUT2D eigenvalue weighted by Crippen LogP contribution is 2.15. The van der Waals surface area contributed by atoms with Crippen LogP contribution >= 0.6 is 11.3 Å². The molecule has 0 aliphatic heterocycles. The Hall–Kier alpha value is -2.25. The van der Waals surface area contributed by atoms with E-state index in [0.29, 0.717) is 30.3 Å². The molecule has 0 saturated carbocycles. The highest BCUT2D eigenvalue weighted by atomic mass is 32.1. The summed E-state index contributed by atoms with van der Waals surface area (Å²) in [5.74, 6) is -0.412. The molecule has 0 spiro atoms. The van der Waals surface area contributed by atoms with E-state index in [1.165, 1.54) is 16.9 Å². The van der Waals surface area contributed by atoms with Gasteiger partial charge in [0.05, 0.1) is 5.69 Å².